The standard InChI is InChI=1S/C20H19BrN2O/c21-17-6-3-4-14(10-17)11-20(24)23-9-8-16(13-23)19-12-15-5-1-2-7-18(15)22-19/h1-7,10,12,16,22H,8-9,11,13H2. The molecule has 1 aliphatic heterocycles. The van der Waals surface area contributed by atoms with E-state index < -0.39 is 0 Å². The number of halogens is 1. The van der Waals surface area contributed by atoms with Crippen LogP contribution in [0, 0.1) is 0 Å². The number of likely N-dealkylation sites (tertiary alicyclic amines) is 1. The summed E-state index contributed by atoms with van der Waals surface area (Å²) < 4.78 is 1.02. The van der Waals surface area contributed by atoms with Crippen molar-refractivity contribution >= 4 is 32.7 Å². The van der Waals surface area contributed by atoms with Crippen LogP contribution in [0.15, 0.2) is 59.1 Å². The van der Waals surface area contributed by atoms with Crippen molar-refractivity contribution in [1.82, 2.24) is 9.88 Å². The summed E-state index contributed by atoms with van der Waals surface area (Å²) in [5.41, 5.74) is 3.48. The number of aromatic amines is 1. The molecule has 0 aliphatic carbocycles. The largest absolute Gasteiger partial charge is 0.358 e. The Kier molecular flexibility index (Phi) is 4.15. The predicted octanol–water partition coefficient (Wildman–Crippen LogP) is 4.49. The van der Waals surface area contributed by atoms with E-state index in [-0.39, 0.29) is 5.91 Å². The minimum absolute atomic E-state index is 0.215. The minimum Gasteiger partial charge on any atom is -0.358 e. The fourth-order valence-electron chi connectivity index (χ4n) is 3.49. The molecule has 1 aromatic heterocycles. The lowest BCUT2D eigenvalue weighted by atomic mass is 10.1. The van der Waals surface area contributed by atoms with Crippen molar-refractivity contribution in [1.29, 1.82) is 0 Å². The van der Waals surface area contributed by atoms with Gasteiger partial charge < -0.3 is 9.88 Å². The van der Waals surface area contributed by atoms with Gasteiger partial charge in [0, 0.05) is 34.7 Å². The van der Waals surface area contributed by atoms with Gasteiger partial charge in [-0.25, -0.2) is 0 Å². The molecule has 1 fully saturated rings. The third-order valence-electron chi connectivity index (χ3n) is 4.78. The average molecular weight is 383 g/mol. The van der Waals surface area contributed by atoms with Crippen molar-refractivity contribution in [3.63, 3.8) is 0 Å². The summed E-state index contributed by atoms with van der Waals surface area (Å²) in [7, 11) is 0. The van der Waals surface area contributed by atoms with E-state index in [1.54, 1.807) is 0 Å². The molecule has 3 nitrogen and oxygen atoms in total. The molecule has 1 aliphatic rings. The van der Waals surface area contributed by atoms with Crippen molar-refractivity contribution in [2.24, 2.45) is 0 Å². The number of benzene rings is 2. The number of fused-ring (bicyclic) bond motifs is 1. The number of amides is 1. The lowest BCUT2D eigenvalue weighted by molar-refractivity contribution is -0.129. The normalized spacial score (nSPS) is 17.5. The quantitative estimate of drug-likeness (QED) is 0.711. The van der Waals surface area contributed by atoms with E-state index in [2.05, 4.69) is 45.2 Å². The smallest absolute Gasteiger partial charge is 0.227 e. The van der Waals surface area contributed by atoms with Gasteiger partial charge in [-0.05, 0) is 41.6 Å². The minimum atomic E-state index is 0.215. The maximum absolute atomic E-state index is 12.6. The van der Waals surface area contributed by atoms with Gasteiger partial charge in [0.1, 0.15) is 0 Å². The second-order valence-corrected chi connectivity index (χ2v) is 7.36. The second-order valence-electron chi connectivity index (χ2n) is 6.44. The molecule has 1 amide bonds. The van der Waals surface area contributed by atoms with Gasteiger partial charge in [-0.15, -0.1) is 0 Å². The van der Waals surface area contributed by atoms with Crippen LogP contribution < -0.4 is 0 Å². The summed E-state index contributed by atoms with van der Waals surface area (Å²) >= 11 is 3.46. The van der Waals surface area contributed by atoms with E-state index in [0.29, 0.717) is 12.3 Å². The first-order chi connectivity index (χ1) is 11.7. The van der Waals surface area contributed by atoms with Gasteiger partial charge in [-0.2, -0.15) is 0 Å². The highest BCUT2D eigenvalue weighted by Crippen LogP contribution is 2.29. The summed E-state index contributed by atoms with van der Waals surface area (Å²) in [5.74, 6) is 0.621. The SMILES string of the molecule is O=C(Cc1cccc(Br)c1)N1CCC(c2cc3ccccc3[nH]2)C1. The topological polar surface area (TPSA) is 36.1 Å². The number of para-hydroxylation sites is 1. The molecule has 1 unspecified atom stereocenters. The van der Waals surface area contributed by atoms with Gasteiger partial charge >= 0.3 is 0 Å². The molecule has 4 rings (SSSR count). The van der Waals surface area contributed by atoms with E-state index in [1.807, 2.05) is 35.2 Å². The van der Waals surface area contributed by atoms with E-state index in [0.717, 1.165) is 29.5 Å². The molecule has 0 spiro atoms. The Labute approximate surface area is 149 Å². The highest BCUT2D eigenvalue weighted by atomic mass is 79.9. The van der Waals surface area contributed by atoms with Gasteiger partial charge in [0.15, 0.2) is 0 Å². The monoisotopic (exact) mass is 382 g/mol. The lowest BCUT2D eigenvalue weighted by Crippen LogP contribution is -2.29. The third kappa shape index (κ3) is 3.11. The van der Waals surface area contributed by atoms with Crippen molar-refractivity contribution in [2.75, 3.05) is 13.1 Å². The van der Waals surface area contributed by atoms with Crippen molar-refractivity contribution in [2.45, 2.75) is 18.8 Å². The summed E-state index contributed by atoms with van der Waals surface area (Å²) in [6.07, 6.45) is 1.50. The Bertz CT molecular complexity index is 853. The number of hydrogen-bond donors (Lipinski definition) is 1. The van der Waals surface area contributed by atoms with Crippen LogP contribution in [0.3, 0.4) is 0 Å². The van der Waals surface area contributed by atoms with E-state index in [1.165, 1.54) is 16.6 Å². The Balaban J connectivity index is 1.44. The zero-order chi connectivity index (χ0) is 16.5. The van der Waals surface area contributed by atoms with Crippen LogP contribution in [-0.4, -0.2) is 28.9 Å². The molecule has 0 bridgehead atoms. The molecule has 3 aromatic rings. The van der Waals surface area contributed by atoms with Gasteiger partial charge in [-0.3, -0.25) is 4.79 Å². The molecule has 1 saturated heterocycles. The van der Waals surface area contributed by atoms with Gasteiger partial charge in [0.2, 0.25) is 5.91 Å². The van der Waals surface area contributed by atoms with Crippen LogP contribution in [0.4, 0.5) is 0 Å². The van der Waals surface area contributed by atoms with Gasteiger partial charge in [0.25, 0.3) is 0 Å². The Morgan fingerprint density at radius 3 is 2.88 bits per heavy atom. The van der Waals surface area contributed by atoms with Crippen LogP contribution in [0.25, 0.3) is 10.9 Å². The Hall–Kier alpha value is -2.07. The Morgan fingerprint density at radius 2 is 2.04 bits per heavy atom. The Morgan fingerprint density at radius 1 is 1.17 bits per heavy atom. The second kappa shape index (κ2) is 6.44. The number of aromatic nitrogens is 1. The molecular weight excluding hydrogens is 364 g/mol. The average Bonchev–Trinajstić information content (AvgIpc) is 3.21. The number of H-pyrrole nitrogens is 1. The molecule has 4 heteroatoms. The molecular formula is C20H19BrN2O. The zero-order valence-electron chi connectivity index (χ0n) is 13.3. The van der Waals surface area contributed by atoms with Crippen LogP contribution in [-0.2, 0) is 11.2 Å². The lowest BCUT2D eigenvalue weighted by Gasteiger charge is -2.16. The number of carbonyl (C=O) groups is 1. The summed E-state index contributed by atoms with van der Waals surface area (Å²) in [6.45, 7) is 1.65. The number of hydrogen-bond acceptors (Lipinski definition) is 1. The summed E-state index contributed by atoms with van der Waals surface area (Å²) in [6, 6.07) is 18.5. The maximum atomic E-state index is 12.6. The number of rotatable bonds is 3. The molecule has 2 aromatic carbocycles. The molecule has 1 N–H and O–H groups in total. The van der Waals surface area contributed by atoms with Gasteiger partial charge in [0.05, 0.1) is 6.42 Å². The zero-order valence-corrected chi connectivity index (χ0v) is 14.9. The molecule has 24 heavy (non-hydrogen) atoms. The van der Waals surface area contributed by atoms with Crippen LogP contribution >= 0.6 is 15.9 Å². The van der Waals surface area contributed by atoms with E-state index in [9.17, 15) is 4.79 Å². The first-order valence-corrected chi connectivity index (χ1v) is 9.08. The van der Waals surface area contributed by atoms with Crippen molar-refractivity contribution < 1.29 is 4.79 Å². The number of carbonyl (C=O) groups excluding carboxylic acids is 1. The van der Waals surface area contributed by atoms with Crippen LogP contribution in [0.1, 0.15) is 23.6 Å². The van der Waals surface area contributed by atoms with Crippen molar-refractivity contribution in [3.05, 3.63) is 70.3 Å². The van der Waals surface area contributed by atoms with Crippen LogP contribution in [0.5, 0.6) is 0 Å². The molecule has 0 saturated carbocycles. The van der Waals surface area contributed by atoms with Gasteiger partial charge in [-0.1, -0.05) is 46.3 Å². The van der Waals surface area contributed by atoms with E-state index >= 15 is 0 Å². The number of nitrogens with one attached hydrogen (secondary N) is 1. The predicted molar refractivity (Wildman–Crippen MR) is 100 cm³/mol. The first-order valence-electron chi connectivity index (χ1n) is 8.29. The fourth-order valence-corrected chi connectivity index (χ4v) is 3.94. The highest BCUT2D eigenvalue weighted by molar-refractivity contribution is 9.10. The van der Waals surface area contributed by atoms with Crippen LogP contribution in [0.2, 0.25) is 0 Å². The maximum Gasteiger partial charge on any atom is 0.227 e. The molecule has 0 radical (unpaired) electrons. The highest BCUT2D eigenvalue weighted by Gasteiger charge is 2.28. The van der Waals surface area contributed by atoms with Crippen molar-refractivity contribution in [3.8, 4) is 0 Å². The fraction of sp³-hybridized carbons (Fsp3) is 0.250. The first kappa shape index (κ1) is 15.5. The summed E-state index contributed by atoms with van der Waals surface area (Å²) in [5, 5.41) is 1.24. The van der Waals surface area contributed by atoms with E-state index in [4.69, 9.17) is 0 Å². The molecule has 2 heterocycles. The third-order valence-corrected chi connectivity index (χ3v) is 5.27. The number of nitrogens with zero attached hydrogens (tertiary/aromatic N) is 1. The summed E-state index contributed by atoms with van der Waals surface area (Å²) in [4.78, 5) is 18.1. The molecule has 1 atom stereocenters. The molecule has 122 valence electrons.